The zero-order valence-corrected chi connectivity index (χ0v) is 15.4. The van der Waals surface area contributed by atoms with Crippen LogP contribution in [0.4, 0.5) is 26.3 Å². The largest absolute Gasteiger partial charge is 0.416 e. The van der Waals surface area contributed by atoms with E-state index in [1.807, 2.05) is 0 Å². The maximum atomic E-state index is 13.0. The van der Waals surface area contributed by atoms with Crippen molar-refractivity contribution in [3.05, 3.63) is 64.7 Å². The summed E-state index contributed by atoms with van der Waals surface area (Å²) in [4.78, 5) is 23.7. The van der Waals surface area contributed by atoms with Crippen molar-refractivity contribution in [1.82, 2.24) is 10.6 Å². The van der Waals surface area contributed by atoms with Crippen molar-refractivity contribution in [3.63, 3.8) is 0 Å². The van der Waals surface area contributed by atoms with E-state index in [0.717, 1.165) is 0 Å². The normalized spacial score (nSPS) is 15.0. The molecule has 4 nitrogen and oxygen atoms in total. The maximum absolute atomic E-state index is 13.0. The Morgan fingerprint density at radius 3 is 1.63 bits per heavy atom. The second kappa shape index (κ2) is 7.56. The lowest BCUT2D eigenvalue weighted by molar-refractivity contribution is -0.143. The fraction of sp³-hybridized carbons (Fsp3) is 0.105. The molecule has 3 rings (SSSR count). The molecule has 0 atom stereocenters. The summed E-state index contributed by atoms with van der Waals surface area (Å²) in [5, 5.41) is 4.32. The van der Waals surface area contributed by atoms with E-state index in [1.165, 1.54) is 30.3 Å². The smallest absolute Gasteiger partial charge is 0.299 e. The third-order valence-corrected chi connectivity index (χ3v) is 4.29. The number of hydrogen-bond acceptors (Lipinski definition) is 3. The molecule has 11 heteroatoms. The first kappa shape index (κ1) is 21.5. The Labute approximate surface area is 170 Å². The Kier molecular flexibility index (Phi) is 5.42. The van der Waals surface area contributed by atoms with E-state index in [1.54, 1.807) is 0 Å². The summed E-state index contributed by atoms with van der Waals surface area (Å²) in [6, 6.07) is 6.55. The first-order valence-corrected chi connectivity index (χ1v) is 8.54. The molecule has 1 aliphatic heterocycles. The SMILES string of the molecule is O=C1NC(=S)NC(=O)C1=Cc1ccc(-c2cc(C(F)(F)F)cc(C(F)(F)F)c2)cc1. The number of thiocarbonyl (C=S) groups is 1. The average molecular weight is 444 g/mol. The molecule has 0 aromatic heterocycles. The van der Waals surface area contributed by atoms with Gasteiger partial charge < -0.3 is 0 Å². The lowest BCUT2D eigenvalue weighted by atomic mass is 9.98. The summed E-state index contributed by atoms with van der Waals surface area (Å²) >= 11 is 4.67. The molecule has 0 unspecified atom stereocenters. The molecule has 30 heavy (non-hydrogen) atoms. The van der Waals surface area contributed by atoms with Crippen molar-refractivity contribution >= 4 is 35.2 Å². The van der Waals surface area contributed by atoms with E-state index in [0.29, 0.717) is 17.7 Å². The van der Waals surface area contributed by atoms with Gasteiger partial charge in [-0.05, 0) is 53.2 Å². The van der Waals surface area contributed by atoms with Gasteiger partial charge in [-0.1, -0.05) is 24.3 Å². The number of rotatable bonds is 2. The number of carbonyl (C=O) groups excluding carboxylic acids is 2. The van der Waals surface area contributed by atoms with Crippen molar-refractivity contribution in [2.75, 3.05) is 0 Å². The summed E-state index contributed by atoms with van der Waals surface area (Å²) in [6.07, 6.45) is -8.70. The summed E-state index contributed by atoms with van der Waals surface area (Å²) in [5.74, 6) is -1.47. The van der Waals surface area contributed by atoms with Gasteiger partial charge in [-0.2, -0.15) is 26.3 Å². The third kappa shape index (κ3) is 4.67. The number of halogens is 6. The van der Waals surface area contributed by atoms with Gasteiger partial charge in [0.25, 0.3) is 11.8 Å². The van der Waals surface area contributed by atoms with Gasteiger partial charge in [0.1, 0.15) is 5.57 Å². The Morgan fingerprint density at radius 1 is 0.733 bits per heavy atom. The molecular weight excluding hydrogens is 434 g/mol. The van der Waals surface area contributed by atoms with Gasteiger partial charge in [0, 0.05) is 0 Å². The van der Waals surface area contributed by atoms with Gasteiger partial charge in [0.15, 0.2) is 5.11 Å². The number of hydrogen-bond donors (Lipinski definition) is 2. The van der Waals surface area contributed by atoms with Crippen LogP contribution in [0.1, 0.15) is 16.7 Å². The van der Waals surface area contributed by atoms with Crippen LogP contribution in [0.25, 0.3) is 17.2 Å². The molecule has 0 bridgehead atoms. The first-order chi connectivity index (χ1) is 13.8. The predicted molar refractivity (Wildman–Crippen MR) is 98.7 cm³/mol. The zero-order chi connectivity index (χ0) is 22.3. The third-order valence-electron chi connectivity index (χ3n) is 4.09. The highest BCUT2D eigenvalue weighted by Crippen LogP contribution is 2.38. The van der Waals surface area contributed by atoms with Gasteiger partial charge in [0.2, 0.25) is 0 Å². The van der Waals surface area contributed by atoms with Crippen LogP contribution in [0.15, 0.2) is 48.0 Å². The molecule has 1 fully saturated rings. The van der Waals surface area contributed by atoms with Crippen molar-refractivity contribution in [1.29, 1.82) is 0 Å². The Balaban J connectivity index is 1.98. The summed E-state index contributed by atoms with van der Waals surface area (Å²) in [7, 11) is 0. The number of nitrogens with one attached hydrogen (secondary N) is 2. The summed E-state index contributed by atoms with van der Waals surface area (Å²) in [6.45, 7) is 0. The zero-order valence-electron chi connectivity index (χ0n) is 14.6. The molecule has 0 aliphatic carbocycles. The summed E-state index contributed by atoms with van der Waals surface area (Å²) < 4.78 is 78.1. The van der Waals surface area contributed by atoms with Gasteiger partial charge in [0.05, 0.1) is 11.1 Å². The monoisotopic (exact) mass is 444 g/mol. The van der Waals surface area contributed by atoms with Crippen LogP contribution in [0.3, 0.4) is 0 Å². The minimum absolute atomic E-state index is 0.0486. The molecule has 2 aromatic carbocycles. The molecule has 2 amide bonds. The molecule has 156 valence electrons. The Bertz CT molecular complexity index is 1020. The lowest BCUT2D eigenvalue weighted by Crippen LogP contribution is -2.51. The molecule has 0 spiro atoms. The van der Waals surface area contributed by atoms with E-state index < -0.39 is 35.3 Å². The number of alkyl halides is 6. The highest BCUT2D eigenvalue weighted by molar-refractivity contribution is 7.80. The predicted octanol–water partition coefficient (Wildman–Crippen LogP) is 4.31. The highest BCUT2D eigenvalue weighted by atomic mass is 32.1. The fourth-order valence-electron chi connectivity index (χ4n) is 2.67. The quantitative estimate of drug-likeness (QED) is 0.314. The Morgan fingerprint density at radius 2 is 1.20 bits per heavy atom. The summed E-state index contributed by atoms with van der Waals surface area (Å²) in [5.41, 5.74) is -2.97. The molecule has 0 saturated carbocycles. The molecule has 2 aromatic rings. The Hall–Kier alpha value is -3.21. The second-order valence-corrected chi connectivity index (χ2v) is 6.62. The molecule has 1 aliphatic rings. The molecular formula is C19H10F6N2O2S. The van der Waals surface area contributed by atoms with Crippen molar-refractivity contribution in [2.45, 2.75) is 12.4 Å². The van der Waals surface area contributed by atoms with Crippen molar-refractivity contribution < 1.29 is 35.9 Å². The lowest BCUT2D eigenvalue weighted by Gasteiger charge is -2.16. The van der Waals surface area contributed by atoms with Crippen LogP contribution in [-0.2, 0) is 21.9 Å². The topological polar surface area (TPSA) is 58.2 Å². The van der Waals surface area contributed by atoms with Crippen LogP contribution in [0.5, 0.6) is 0 Å². The van der Waals surface area contributed by atoms with E-state index >= 15 is 0 Å². The minimum atomic E-state index is -4.96. The fourth-order valence-corrected chi connectivity index (χ4v) is 2.85. The second-order valence-electron chi connectivity index (χ2n) is 6.21. The molecule has 2 N–H and O–H groups in total. The number of amides is 2. The number of benzene rings is 2. The minimum Gasteiger partial charge on any atom is -0.299 e. The van der Waals surface area contributed by atoms with Crippen LogP contribution in [-0.4, -0.2) is 16.9 Å². The molecule has 0 radical (unpaired) electrons. The van der Waals surface area contributed by atoms with E-state index in [9.17, 15) is 35.9 Å². The van der Waals surface area contributed by atoms with Crippen LogP contribution >= 0.6 is 12.2 Å². The molecule has 1 heterocycles. The van der Waals surface area contributed by atoms with E-state index in [2.05, 4.69) is 22.9 Å². The standard InChI is InChI=1S/C19H10F6N2O2S/c20-18(21,22)12-6-11(7-13(8-12)19(23,24)25)10-3-1-9(2-4-10)5-14-15(28)26-17(30)27-16(14)29/h1-8H,(H2,26,27,28,29,30). The van der Waals surface area contributed by atoms with Crippen LogP contribution in [0, 0.1) is 0 Å². The van der Waals surface area contributed by atoms with Gasteiger partial charge in [-0.25, -0.2) is 0 Å². The van der Waals surface area contributed by atoms with E-state index in [4.69, 9.17) is 0 Å². The van der Waals surface area contributed by atoms with Crippen molar-refractivity contribution in [2.24, 2.45) is 0 Å². The van der Waals surface area contributed by atoms with Crippen LogP contribution < -0.4 is 10.6 Å². The highest BCUT2D eigenvalue weighted by Gasteiger charge is 2.37. The number of carbonyl (C=O) groups is 2. The first-order valence-electron chi connectivity index (χ1n) is 8.13. The van der Waals surface area contributed by atoms with Crippen molar-refractivity contribution in [3.8, 4) is 11.1 Å². The van der Waals surface area contributed by atoms with E-state index in [-0.39, 0.29) is 27.9 Å². The maximum Gasteiger partial charge on any atom is 0.416 e. The molecule has 1 saturated heterocycles. The average Bonchev–Trinajstić information content (AvgIpc) is 2.63. The van der Waals surface area contributed by atoms with Gasteiger partial charge >= 0.3 is 12.4 Å². The van der Waals surface area contributed by atoms with Crippen LogP contribution in [0.2, 0.25) is 0 Å². The van der Waals surface area contributed by atoms with Gasteiger partial charge in [-0.3, -0.25) is 20.2 Å². The van der Waals surface area contributed by atoms with Gasteiger partial charge in [-0.15, -0.1) is 0 Å².